The number of carbonyl (C=O) groups is 2. The van der Waals surface area contributed by atoms with Crippen LogP contribution in [0.5, 0.6) is 0 Å². The maximum absolute atomic E-state index is 11.5. The van der Waals surface area contributed by atoms with Crippen molar-refractivity contribution in [3.05, 3.63) is 29.3 Å². The molecule has 1 amide bonds. The van der Waals surface area contributed by atoms with Gasteiger partial charge in [0.2, 0.25) is 5.91 Å². The van der Waals surface area contributed by atoms with Gasteiger partial charge in [-0.3, -0.25) is 4.79 Å². The van der Waals surface area contributed by atoms with Crippen molar-refractivity contribution in [2.75, 3.05) is 19.4 Å². The van der Waals surface area contributed by atoms with Crippen molar-refractivity contribution in [1.82, 2.24) is 5.32 Å². The van der Waals surface area contributed by atoms with Crippen molar-refractivity contribution < 1.29 is 24.5 Å². The zero-order chi connectivity index (χ0) is 16.0. The minimum Gasteiger partial charge on any atom is -0.465 e. The molecular weight excluding hydrogens is 276 g/mol. The van der Waals surface area contributed by atoms with Gasteiger partial charge in [0.25, 0.3) is 0 Å². The fourth-order valence-corrected chi connectivity index (χ4v) is 1.82. The number of carbonyl (C=O) groups excluding carboxylic acids is 2. The summed E-state index contributed by atoms with van der Waals surface area (Å²) in [5.41, 5.74) is 6.37. The van der Waals surface area contributed by atoms with Gasteiger partial charge in [-0.25, -0.2) is 4.79 Å². The van der Waals surface area contributed by atoms with E-state index in [1.54, 1.807) is 0 Å². The summed E-state index contributed by atoms with van der Waals surface area (Å²) in [7, 11) is 1.23. The molecule has 0 saturated heterocycles. The molecule has 0 spiro atoms. The van der Waals surface area contributed by atoms with E-state index in [2.05, 4.69) is 10.1 Å². The number of anilines is 1. The summed E-state index contributed by atoms with van der Waals surface area (Å²) in [4.78, 5) is 22.3. The van der Waals surface area contributed by atoms with Crippen LogP contribution in [0, 0.1) is 0 Å². The molecule has 7 nitrogen and oxygen atoms in total. The van der Waals surface area contributed by atoms with Gasteiger partial charge in [-0.1, -0.05) is 6.07 Å². The number of methoxy groups -OCH3 is 1. The first-order valence-corrected chi connectivity index (χ1v) is 6.45. The molecule has 1 rings (SSSR count). The number of hydrogen-bond acceptors (Lipinski definition) is 6. The number of benzene rings is 1. The zero-order valence-electron chi connectivity index (χ0n) is 12.0. The molecule has 2 atom stereocenters. The second kappa shape index (κ2) is 7.61. The second-order valence-corrected chi connectivity index (χ2v) is 4.62. The Morgan fingerprint density at radius 1 is 1.38 bits per heavy atom. The van der Waals surface area contributed by atoms with Crippen LogP contribution in [0.4, 0.5) is 5.69 Å². The fourth-order valence-electron chi connectivity index (χ4n) is 1.82. The van der Waals surface area contributed by atoms with Gasteiger partial charge in [0.15, 0.2) is 0 Å². The lowest BCUT2D eigenvalue weighted by atomic mass is 9.99. The number of esters is 1. The van der Waals surface area contributed by atoms with Crippen molar-refractivity contribution in [1.29, 1.82) is 0 Å². The van der Waals surface area contributed by atoms with E-state index in [4.69, 9.17) is 5.73 Å². The van der Waals surface area contributed by atoms with Gasteiger partial charge in [0.1, 0.15) is 6.10 Å². The Bertz CT molecular complexity index is 518. The first-order chi connectivity index (χ1) is 9.86. The van der Waals surface area contributed by atoms with Gasteiger partial charge >= 0.3 is 5.97 Å². The molecule has 0 heterocycles. The van der Waals surface area contributed by atoms with Gasteiger partial charge in [0, 0.05) is 19.2 Å². The summed E-state index contributed by atoms with van der Waals surface area (Å²) in [6.07, 6.45) is -2.09. The molecule has 0 radical (unpaired) electrons. The molecule has 0 aliphatic heterocycles. The smallest absolute Gasteiger partial charge is 0.339 e. The monoisotopic (exact) mass is 296 g/mol. The number of nitrogens with one attached hydrogen (secondary N) is 1. The molecule has 1 aromatic carbocycles. The van der Waals surface area contributed by atoms with E-state index in [0.29, 0.717) is 5.56 Å². The lowest BCUT2D eigenvalue weighted by Gasteiger charge is -2.19. The Morgan fingerprint density at radius 3 is 2.62 bits per heavy atom. The average Bonchev–Trinajstić information content (AvgIpc) is 2.45. The number of aliphatic hydroxyl groups is 2. The Hall–Kier alpha value is -2.12. The highest BCUT2D eigenvalue weighted by Crippen LogP contribution is 2.23. The van der Waals surface area contributed by atoms with Crippen LogP contribution in [-0.2, 0) is 9.53 Å². The Labute approximate surface area is 122 Å². The van der Waals surface area contributed by atoms with Crippen molar-refractivity contribution in [2.45, 2.75) is 25.6 Å². The van der Waals surface area contributed by atoms with Crippen LogP contribution in [-0.4, -0.2) is 41.8 Å². The third-order valence-electron chi connectivity index (χ3n) is 3.00. The van der Waals surface area contributed by atoms with E-state index >= 15 is 0 Å². The minimum absolute atomic E-state index is 0.128. The number of aliphatic hydroxyl groups excluding tert-OH is 2. The van der Waals surface area contributed by atoms with Gasteiger partial charge in [-0.2, -0.15) is 0 Å². The molecule has 0 aliphatic carbocycles. The number of rotatable bonds is 6. The summed E-state index contributed by atoms with van der Waals surface area (Å²) >= 11 is 0. The van der Waals surface area contributed by atoms with Gasteiger partial charge in [-0.05, 0) is 24.1 Å². The molecule has 1 aromatic rings. The third kappa shape index (κ3) is 4.73. The van der Waals surface area contributed by atoms with Crippen LogP contribution < -0.4 is 11.1 Å². The Balaban J connectivity index is 2.79. The highest BCUT2D eigenvalue weighted by molar-refractivity contribution is 5.95. The number of amides is 1. The second-order valence-electron chi connectivity index (χ2n) is 4.62. The molecule has 0 aliphatic rings. The van der Waals surface area contributed by atoms with Crippen molar-refractivity contribution >= 4 is 17.6 Å². The van der Waals surface area contributed by atoms with Crippen LogP contribution in [0.2, 0.25) is 0 Å². The Kier molecular flexibility index (Phi) is 6.13. The SMILES string of the molecule is COC(=O)c1cc(C(O)C(O)CCNC(C)=O)ccc1N. The van der Waals surface area contributed by atoms with E-state index in [-0.39, 0.29) is 30.1 Å². The van der Waals surface area contributed by atoms with Gasteiger partial charge in [0.05, 0.1) is 18.8 Å². The molecule has 7 heteroatoms. The number of hydrogen-bond donors (Lipinski definition) is 4. The van der Waals surface area contributed by atoms with E-state index in [0.717, 1.165) is 0 Å². The van der Waals surface area contributed by atoms with Crippen molar-refractivity contribution in [3.63, 3.8) is 0 Å². The highest BCUT2D eigenvalue weighted by atomic mass is 16.5. The number of nitrogens with two attached hydrogens (primary N) is 1. The predicted octanol–water partition coefficient (Wildman–Crippen LogP) is -0.0241. The van der Waals surface area contributed by atoms with E-state index in [9.17, 15) is 19.8 Å². The quantitative estimate of drug-likeness (QED) is 0.432. The topological polar surface area (TPSA) is 122 Å². The number of ether oxygens (including phenoxy) is 1. The molecule has 116 valence electrons. The summed E-state index contributed by atoms with van der Waals surface area (Å²) in [5.74, 6) is -0.827. The molecule has 5 N–H and O–H groups in total. The summed E-state index contributed by atoms with van der Waals surface area (Å²) in [6, 6.07) is 4.37. The van der Waals surface area contributed by atoms with Crippen LogP contribution >= 0.6 is 0 Å². The lowest BCUT2D eigenvalue weighted by Crippen LogP contribution is -2.27. The largest absolute Gasteiger partial charge is 0.465 e. The molecule has 21 heavy (non-hydrogen) atoms. The van der Waals surface area contributed by atoms with E-state index < -0.39 is 18.2 Å². The normalized spacial score (nSPS) is 13.3. The predicted molar refractivity (Wildman–Crippen MR) is 76.5 cm³/mol. The van der Waals surface area contributed by atoms with Crippen LogP contribution in [0.3, 0.4) is 0 Å². The first-order valence-electron chi connectivity index (χ1n) is 6.45. The zero-order valence-corrected chi connectivity index (χ0v) is 12.0. The van der Waals surface area contributed by atoms with Crippen molar-refractivity contribution in [3.8, 4) is 0 Å². The summed E-state index contributed by atoms with van der Waals surface area (Å²) in [6.45, 7) is 1.61. The van der Waals surface area contributed by atoms with Gasteiger partial charge in [-0.15, -0.1) is 0 Å². The van der Waals surface area contributed by atoms with Gasteiger partial charge < -0.3 is 26.0 Å². The lowest BCUT2D eigenvalue weighted by molar-refractivity contribution is -0.119. The van der Waals surface area contributed by atoms with E-state index in [1.807, 2.05) is 0 Å². The molecule has 0 aromatic heterocycles. The first kappa shape index (κ1) is 16.9. The maximum Gasteiger partial charge on any atom is 0.339 e. The minimum atomic E-state index is -1.19. The highest BCUT2D eigenvalue weighted by Gasteiger charge is 2.20. The number of nitrogen functional groups attached to an aromatic ring is 1. The maximum atomic E-state index is 11.5. The Morgan fingerprint density at radius 2 is 2.05 bits per heavy atom. The fraction of sp³-hybridized carbons (Fsp3) is 0.429. The van der Waals surface area contributed by atoms with Crippen LogP contribution in [0.15, 0.2) is 18.2 Å². The van der Waals surface area contributed by atoms with E-state index in [1.165, 1.54) is 32.2 Å². The molecular formula is C14H20N2O5. The molecule has 0 fully saturated rings. The summed E-state index contributed by atoms with van der Waals surface area (Å²) in [5, 5.41) is 22.5. The molecule has 0 bridgehead atoms. The summed E-state index contributed by atoms with van der Waals surface area (Å²) < 4.78 is 4.59. The van der Waals surface area contributed by atoms with Crippen molar-refractivity contribution in [2.24, 2.45) is 0 Å². The van der Waals surface area contributed by atoms with Crippen LogP contribution in [0.1, 0.15) is 35.4 Å². The molecule has 2 unspecified atom stereocenters. The average molecular weight is 296 g/mol. The standard InChI is InChI=1S/C14H20N2O5/c1-8(17)16-6-5-12(18)13(19)9-3-4-11(15)10(7-9)14(20)21-2/h3-4,7,12-13,18-19H,5-6,15H2,1-2H3,(H,16,17). The molecule has 0 saturated carbocycles. The third-order valence-corrected chi connectivity index (χ3v) is 3.00. The van der Waals surface area contributed by atoms with Crippen LogP contribution in [0.25, 0.3) is 0 Å².